The molecule has 0 aromatic rings. The van der Waals surface area contributed by atoms with Crippen LogP contribution in [0.4, 0.5) is 0 Å². The van der Waals surface area contributed by atoms with Gasteiger partial charge < -0.3 is 27.9 Å². The van der Waals surface area contributed by atoms with Gasteiger partial charge in [-0.15, -0.1) is 0 Å². The molecule has 0 aromatic carbocycles. The van der Waals surface area contributed by atoms with Crippen LogP contribution >= 0.6 is 7.82 Å². The van der Waals surface area contributed by atoms with Crippen molar-refractivity contribution in [2.45, 2.75) is 367 Å². The summed E-state index contributed by atoms with van der Waals surface area (Å²) in [7, 11) is 1.16. The summed E-state index contributed by atoms with van der Waals surface area (Å²) in [5.74, 6) is -0.834. The lowest BCUT2D eigenvalue weighted by molar-refractivity contribution is -0.870. The Kier molecular flexibility index (Phi) is 75.8. The lowest BCUT2D eigenvalue weighted by Crippen LogP contribution is -2.37. The zero-order valence-electron chi connectivity index (χ0n) is 65.6. The van der Waals surface area contributed by atoms with Crippen molar-refractivity contribution >= 4 is 19.8 Å². The number of phosphoric acid groups is 1. The summed E-state index contributed by atoms with van der Waals surface area (Å²) in [4.78, 5) is 38.2. The highest BCUT2D eigenvalue weighted by atomic mass is 31.2. The van der Waals surface area contributed by atoms with Crippen molar-refractivity contribution in [3.05, 3.63) is 146 Å². The number of likely N-dealkylation sites (N-methyl/N-ethyl adjacent to an activating group) is 1. The van der Waals surface area contributed by atoms with Crippen LogP contribution in [0.1, 0.15) is 361 Å². The number of ether oxygens (including phenoxy) is 2. The number of quaternary nitrogens is 1. The van der Waals surface area contributed by atoms with E-state index >= 15 is 0 Å². The van der Waals surface area contributed by atoms with Gasteiger partial charge in [0.1, 0.15) is 19.8 Å². The second-order valence-corrected chi connectivity index (χ2v) is 30.2. The maximum absolute atomic E-state index is 12.9. The first-order valence-corrected chi connectivity index (χ1v) is 43.0. The summed E-state index contributed by atoms with van der Waals surface area (Å²) in [6.07, 6.45) is 117. The van der Waals surface area contributed by atoms with Gasteiger partial charge in [-0.1, -0.05) is 372 Å². The maximum atomic E-state index is 12.9. The number of phosphoric ester groups is 1. The van der Waals surface area contributed by atoms with Gasteiger partial charge in [-0.2, -0.15) is 0 Å². The minimum Gasteiger partial charge on any atom is -0.756 e. The standard InChI is InChI=1S/C90H156NO8P/c1-6-8-10-12-14-16-18-20-22-24-26-28-30-32-34-36-38-40-42-44-45-47-48-50-52-54-56-58-60-62-64-66-68-70-72-74-76-78-80-82-89(92)96-86-88(87-98-100(94,95)97-85-84-91(3,4)5)99-90(93)83-81-79-77-75-73-71-69-67-65-63-61-59-57-55-53-51-49-46-43-41-39-37-35-33-31-29-27-25-23-21-19-17-15-13-11-9-7-2/h9,11,15,17-18,20-21,23-24,26-27,29-30,32-33,35,39,41,46,49,53,55,59,61,88H,6-8,10,12-14,16,19,22,25,28,31,34,36-38,40,42-45,47-48,50-52,54,56-58,60,62-87H2,1-5H3/b11-9-,17-15-,20-18-,23-21-,26-24-,29-27-,32-30-,35-33-,41-39-,49-46-,55-53-,61-59-. The first kappa shape index (κ1) is 95.9. The zero-order valence-corrected chi connectivity index (χ0v) is 66.5. The van der Waals surface area contributed by atoms with Gasteiger partial charge in [0.15, 0.2) is 6.10 Å². The Morgan fingerprint density at radius 2 is 0.570 bits per heavy atom. The molecular formula is C90H156NO8P. The topological polar surface area (TPSA) is 111 Å². The Morgan fingerprint density at radius 1 is 0.320 bits per heavy atom. The lowest BCUT2D eigenvalue weighted by atomic mass is 10.0. The van der Waals surface area contributed by atoms with E-state index in [-0.39, 0.29) is 32.0 Å². The highest BCUT2D eigenvalue weighted by Gasteiger charge is 2.22. The molecule has 2 unspecified atom stereocenters. The van der Waals surface area contributed by atoms with Crippen LogP contribution in [0.15, 0.2) is 146 Å². The quantitative estimate of drug-likeness (QED) is 0.0195. The van der Waals surface area contributed by atoms with Gasteiger partial charge in [0, 0.05) is 12.8 Å². The number of hydrogen-bond donors (Lipinski definition) is 0. The van der Waals surface area contributed by atoms with Crippen LogP contribution in [0.2, 0.25) is 0 Å². The van der Waals surface area contributed by atoms with Crippen LogP contribution < -0.4 is 4.89 Å². The molecule has 0 saturated heterocycles. The van der Waals surface area contributed by atoms with Crippen molar-refractivity contribution < 1.29 is 42.1 Å². The van der Waals surface area contributed by atoms with Gasteiger partial charge in [-0.25, -0.2) is 0 Å². The summed E-state index contributed by atoms with van der Waals surface area (Å²) >= 11 is 0. The molecule has 0 saturated carbocycles. The molecule has 574 valence electrons. The second-order valence-electron chi connectivity index (χ2n) is 28.8. The van der Waals surface area contributed by atoms with Crippen molar-refractivity contribution in [2.75, 3.05) is 47.5 Å². The van der Waals surface area contributed by atoms with E-state index in [1.165, 1.54) is 212 Å². The van der Waals surface area contributed by atoms with E-state index in [2.05, 4.69) is 160 Å². The molecule has 100 heavy (non-hydrogen) atoms. The van der Waals surface area contributed by atoms with Crippen molar-refractivity contribution in [2.24, 2.45) is 0 Å². The SMILES string of the molecule is CC/C=C\C/C=C\C/C=C\C/C=C\C/C=C\C/C=C\C/C=C\C/C=C\C/C=C\CCCCCCCCCCCC(=O)OC(COC(=O)CCCCCCCCCCCCCCCCCCCCCCCCCC/C=C\C/C=C\C/C=C\CCCCCCC)COP(=O)([O-])OCC[N+](C)(C)C. The van der Waals surface area contributed by atoms with Crippen molar-refractivity contribution in [1.29, 1.82) is 0 Å². The van der Waals surface area contributed by atoms with Gasteiger partial charge in [0.05, 0.1) is 27.7 Å². The fourth-order valence-corrected chi connectivity index (χ4v) is 12.3. The number of allylic oxidation sites excluding steroid dienone is 24. The molecule has 10 heteroatoms. The smallest absolute Gasteiger partial charge is 0.306 e. The monoisotopic (exact) mass is 1410 g/mol. The predicted molar refractivity (Wildman–Crippen MR) is 434 cm³/mol. The molecule has 0 aliphatic carbocycles. The lowest BCUT2D eigenvalue weighted by Gasteiger charge is -2.28. The van der Waals surface area contributed by atoms with Gasteiger partial charge in [-0.05, 0) is 122 Å². The zero-order chi connectivity index (χ0) is 72.5. The number of rotatable bonds is 76. The van der Waals surface area contributed by atoms with E-state index in [1.807, 2.05) is 21.1 Å². The summed E-state index contributed by atoms with van der Waals surface area (Å²) in [6, 6.07) is 0. The van der Waals surface area contributed by atoms with Crippen molar-refractivity contribution in [1.82, 2.24) is 0 Å². The Hall–Kier alpha value is -4.11. The minimum absolute atomic E-state index is 0.0367. The molecule has 0 aliphatic rings. The molecule has 0 N–H and O–H groups in total. The molecule has 0 bridgehead atoms. The third-order valence-electron chi connectivity index (χ3n) is 17.8. The minimum atomic E-state index is -4.66. The fourth-order valence-electron chi connectivity index (χ4n) is 11.5. The molecule has 0 amide bonds. The predicted octanol–water partition coefficient (Wildman–Crippen LogP) is 27.4. The Balaban J connectivity index is 3.99. The first-order chi connectivity index (χ1) is 49.0. The third kappa shape index (κ3) is 82.8. The van der Waals surface area contributed by atoms with Crippen molar-refractivity contribution in [3.8, 4) is 0 Å². The van der Waals surface area contributed by atoms with Gasteiger partial charge in [0.25, 0.3) is 7.82 Å². The third-order valence-corrected chi connectivity index (χ3v) is 18.8. The van der Waals surface area contributed by atoms with Crippen LogP contribution in [0, 0.1) is 0 Å². The summed E-state index contributed by atoms with van der Waals surface area (Å²) in [5.41, 5.74) is 0. The van der Waals surface area contributed by atoms with Crippen LogP contribution in [-0.4, -0.2) is 70.0 Å². The van der Waals surface area contributed by atoms with Gasteiger partial charge in [-0.3, -0.25) is 14.2 Å². The second kappa shape index (κ2) is 79.0. The molecule has 0 spiro atoms. The van der Waals surface area contributed by atoms with E-state index < -0.39 is 26.5 Å². The number of esters is 2. The molecule has 2 atom stereocenters. The number of hydrogen-bond acceptors (Lipinski definition) is 8. The number of unbranched alkanes of at least 4 members (excludes halogenated alkanes) is 38. The Morgan fingerprint density at radius 3 is 0.850 bits per heavy atom. The average Bonchev–Trinajstić information content (AvgIpc) is 1.02. The molecule has 0 fully saturated rings. The maximum Gasteiger partial charge on any atom is 0.306 e. The van der Waals surface area contributed by atoms with E-state index in [0.29, 0.717) is 17.4 Å². The molecule has 9 nitrogen and oxygen atoms in total. The first-order valence-electron chi connectivity index (χ1n) is 41.5. The Bertz CT molecular complexity index is 2210. The van der Waals surface area contributed by atoms with Crippen molar-refractivity contribution in [3.63, 3.8) is 0 Å². The van der Waals surface area contributed by atoms with Crippen LogP contribution in [0.3, 0.4) is 0 Å². The molecular weight excluding hydrogens is 1250 g/mol. The molecule has 0 rings (SSSR count). The van der Waals surface area contributed by atoms with E-state index in [1.54, 1.807) is 0 Å². The highest BCUT2D eigenvalue weighted by molar-refractivity contribution is 7.45. The number of carbonyl (C=O) groups is 2. The number of carbonyl (C=O) groups excluding carboxylic acids is 2. The largest absolute Gasteiger partial charge is 0.756 e. The highest BCUT2D eigenvalue weighted by Crippen LogP contribution is 2.38. The molecule has 0 radical (unpaired) electrons. The molecule has 0 aromatic heterocycles. The van der Waals surface area contributed by atoms with Crippen LogP contribution in [0.5, 0.6) is 0 Å². The normalized spacial score (nSPS) is 13.8. The van der Waals surface area contributed by atoms with Gasteiger partial charge >= 0.3 is 11.9 Å². The molecule has 0 heterocycles. The van der Waals surface area contributed by atoms with E-state index in [0.717, 1.165) is 116 Å². The van der Waals surface area contributed by atoms with Crippen LogP contribution in [0.25, 0.3) is 0 Å². The van der Waals surface area contributed by atoms with Crippen LogP contribution in [-0.2, 0) is 32.7 Å². The average molecular weight is 1410 g/mol. The fraction of sp³-hybridized carbons (Fsp3) is 0.711. The van der Waals surface area contributed by atoms with E-state index in [4.69, 9.17) is 18.5 Å². The summed E-state index contributed by atoms with van der Waals surface area (Å²) in [6.45, 7) is 4.13. The summed E-state index contributed by atoms with van der Waals surface area (Å²) < 4.78 is 34.4. The summed E-state index contributed by atoms with van der Waals surface area (Å²) in [5, 5.41) is 0. The van der Waals surface area contributed by atoms with Gasteiger partial charge in [0.2, 0.25) is 0 Å². The Labute approximate surface area is 618 Å². The number of nitrogens with zero attached hydrogens (tertiary/aromatic N) is 1. The molecule has 0 aliphatic heterocycles. The van der Waals surface area contributed by atoms with E-state index in [9.17, 15) is 19.0 Å².